The maximum Gasteiger partial charge on any atom is 0.109 e. The highest BCUT2D eigenvalue weighted by molar-refractivity contribution is 9.10. The number of anilines is 1. The topological polar surface area (TPSA) is 24.9 Å². The summed E-state index contributed by atoms with van der Waals surface area (Å²) in [6.07, 6.45) is 8.62. The van der Waals surface area contributed by atoms with Crippen molar-refractivity contribution in [1.29, 1.82) is 0 Å². The van der Waals surface area contributed by atoms with Gasteiger partial charge in [0.2, 0.25) is 0 Å². The van der Waals surface area contributed by atoms with Gasteiger partial charge in [0.05, 0.1) is 11.9 Å². The average molecular weight is 325 g/mol. The van der Waals surface area contributed by atoms with Crippen molar-refractivity contribution in [2.24, 2.45) is 11.8 Å². The van der Waals surface area contributed by atoms with Crippen LogP contribution in [-0.2, 0) is 0 Å². The fraction of sp³-hybridized carbons (Fsp3) is 0.688. The van der Waals surface area contributed by atoms with Crippen LogP contribution in [0.15, 0.2) is 16.9 Å². The molecule has 2 nitrogen and oxygen atoms in total. The first-order valence-corrected chi connectivity index (χ1v) is 8.24. The van der Waals surface area contributed by atoms with E-state index in [-0.39, 0.29) is 0 Å². The van der Waals surface area contributed by atoms with Crippen molar-refractivity contribution in [2.75, 3.05) is 5.32 Å². The maximum atomic E-state index is 4.36. The number of nitrogens with zero attached hydrogens (tertiary/aromatic N) is 1. The monoisotopic (exact) mass is 324 g/mol. The molecule has 0 bridgehead atoms. The van der Waals surface area contributed by atoms with E-state index in [1.807, 2.05) is 6.20 Å². The standard InChI is InChI=1S/C16H25BrN2/c1-11(2)13-5-4-6-14(8-7-13)19-15-9-12(3)16(17)18-10-15/h9-11,13-14,19H,4-8H2,1-3H3. The Balaban J connectivity index is 1.94. The zero-order valence-electron chi connectivity index (χ0n) is 12.2. The van der Waals surface area contributed by atoms with Crippen LogP contribution in [0.2, 0.25) is 0 Å². The molecule has 2 unspecified atom stereocenters. The minimum atomic E-state index is 0.617. The maximum absolute atomic E-state index is 4.36. The Morgan fingerprint density at radius 2 is 2.05 bits per heavy atom. The Kier molecular flexibility index (Phi) is 5.26. The van der Waals surface area contributed by atoms with Gasteiger partial charge in [0, 0.05) is 6.04 Å². The first kappa shape index (κ1) is 14.8. The number of rotatable bonds is 3. The molecule has 1 N–H and O–H groups in total. The Morgan fingerprint density at radius 1 is 1.26 bits per heavy atom. The molecule has 0 spiro atoms. The molecule has 0 aliphatic heterocycles. The van der Waals surface area contributed by atoms with Gasteiger partial charge in [-0.3, -0.25) is 0 Å². The van der Waals surface area contributed by atoms with E-state index >= 15 is 0 Å². The van der Waals surface area contributed by atoms with Gasteiger partial charge in [0.1, 0.15) is 4.60 Å². The first-order chi connectivity index (χ1) is 9.06. The van der Waals surface area contributed by atoms with Crippen molar-refractivity contribution in [3.63, 3.8) is 0 Å². The van der Waals surface area contributed by atoms with E-state index in [2.05, 4.69) is 53.1 Å². The Hall–Kier alpha value is -0.570. The molecule has 19 heavy (non-hydrogen) atoms. The third-order valence-corrected chi connectivity index (χ3v) is 5.17. The molecule has 1 aliphatic carbocycles. The van der Waals surface area contributed by atoms with Gasteiger partial charge in [0.25, 0.3) is 0 Å². The minimum Gasteiger partial charge on any atom is -0.381 e. The molecule has 1 aromatic rings. The van der Waals surface area contributed by atoms with Crippen LogP contribution < -0.4 is 5.32 Å². The lowest BCUT2D eigenvalue weighted by Gasteiger charge is -2.20. The van der Waals surface area contributed by atoms with Crippen molar-refractivity contribution in [2.45, 2.75) is 58.9 Å². The zero-order chi connectivity index (χ0) is 13.8. The van der Waals surface area contributed by atoms with Crippen LogP contribution in [0.5, 0.6) is 0 Å². The molecule has 0 saturated heterocycles. The van der Waals surface area contributed by atoms with Gasteiger partial charge in [-0.25, -0.2) is 4.98 Å². The molecule has 0 amide bonds. The van der Waals surface area contributed by atoms with Crippen molar-refractivity contribution < 1.29 is 0 Å². The number of hydrogen-bond donors (Lipinski definition) is 1. The van der Waals surface area contributed by atoms with Crippen molar-refractivity contribution in [3.8, 4) is 0 Å². The van der Waals surface area contributed by atoms with E-state index in [1.54, 1.807) is 0 Å². The second-order valence-corrected chi connectivity index (χ2v) is 6.94. The molecule has 1 aromatic heterocycles. The van der Waals surface area contributed by atoms with Crippen LogP contribution in [0.3, 0.4) is 0 Å². The molecular formula is C16H25BrN2. The number of aryl methyl sites for hydroxylation is 1. The second-order valence-electron chi connectivity index (χ2n) is 6.19. The van der Waals surface area contributed by atoms with Crippen LogP contribution in [0.25, 0.3) is 0 Å². The highest BCUT2D eigenvalue weighted by atomic mass is 79.9. The summed E-state index contributed by atoms with van der Waals surface area (Å²) < 4.78 is 0.943. The lowest BCUT2D eigenvalue weighted by atomic mass is 9.89. The molecule has 0 radical (unpaired) electrons. The van der Waals surface area contributed by atoms with E-state index in [0.29, 0.717) is 6.04 Å². The van der Waals surface area contributed by atoms with Crippen LogP contribution in [0, 0.1) is 18.8 Å². The molecule has 106 valence electrons. The van der Waals surface area contributed by atoms with E-state index in [9.17, 15) is 0 Å². The van der Waals surface area contributed by atoms with Gasteiger partial charge in [-0.1, -0.05) is 26.7 Å². The van der Waals surface area contributed by atoms with Gasteiger partial charge in [0.15, 0.2) is 0 Å². The number of aromatic nitrogens is 1. The Labute approximate surface area is 125 Å². The van der Waals surface area contributed by atoms with Crippen molar-refractivity contribution >= 4 is 21.6 Å². The predicted molar refractivity (Wildman–Crippen MR) is 85.5 cm³/mol. The third kappa shape index (κ3) is 4.20. The number of nitrogens with one attached hydrogen (secondary N) is 1. The van der Waals surface area contributed by atoms with Gasteiger partial charge in [-0.2, -0.15) is 0 Å². The summed E-state index contributed by atoms with van der Waals surface area (Å²) in [4.78, 5) is 4.36. The van der Waals surface area contributed by atoms with Gasteiger partial charge in [-0.05, 0) is 65.6 Å². The molecular weight excluding hydrogens is 300 g/mol. The predicted octanol–water partition coefficient (Wildman–Crippen LogP) is 5.17. The fourth-order valence-corrected chi connectivity index (χ4v) is 3.23. The Morgan fingerprint density at radius 3 is 2.74 bits per heavy atom. The largest absolute Gasteiger partial charge is 0.381 e. The van der Waals surface area contributed by atoms with Gasteiger partial charge < -0.3 is 5.32 Å². The van der Waals surface area contributed by atoms with Crippen LogP contribution in [-0.4, -0.2) is 11.0 Å². The van der Waals surface area contributed by atoms with Crippen molar-refractivity contribution in [1.82, 2.24) is 4.98 Å². The summed E-state index contributed by atoms with van der Waals surface area (Å²) in [6, 6.07) is 2.80. The number of pyridine rings is 1. The van der Waals surface area contributed by atoms with Crippen LogP contribution in [0.1, 0.15) is 51.5 Å². The summed E-state index contributed by atoms with van der Waals surface area (Å²) in [5.41, 5.74) is 2.35. The number of hydrogen-bond acceptors (Lipinski definition) is 2. The zero-order valence-corrected chi connectivity index (χ0v) is 13.8. The van der Waals surface area contributed by atoms with Gasteiger partial charge >= 0.3 is 0 Å². The molecule has 2 atom stereocenters. The molecule has 1 aliphatic rings. The minimum absolute atomic E-state index is 0.617. The smallest absolute Gasteiger partial charge is 0.109 e. The van der Waals surface area contributed by atoms with Crippen LogP contribution in [0.4, 0.5) is 5.69 Å². The highest BCUT2D eigenvalue weighted by Gasteiger charge is 2.20. The molecule has 1 heterocycles. The lowest BCUT2D eigenvalue weighted by Crippen LogP contribution is -2.19. The molecule has 2 rings (SSSR count). The van der Waals surface area contributed by atoms with E-state index in [1.165, 1.54) is 37.7 Å². The quantitative estimate of drug-likeness (QED) is 0.612. The summed E-state index contributed by atoms with van der Waals surface area (Å²) in [7, 11) is 0. The number of halogens is 1. The average Bonchev–Trinajstić information content (AvgIpc) is 2.59. The lowest BCUT2D eigenvalue weighted by molar-refractivity contribution is 0.341. The molecule has 1 fully saturated rings. The van der Waals surface area contributed by atoms with Crippen molar-refractivity contribution in [3.05, 3.63) is 22.4 Å². The Bertz CT molecular complexity index is 417. The summed E-state index contributed by atoms with van der Waals surface area (Å²) >= 11 is 3.45. The van der Waals surface area contributed by atoms with E-state index in [0.717, 1.165) is 22.1 Å². The SMILES string of the molecule is Cc1cc(NC2CCCC(C(C)C)CC2)cnc1Br. The highest BCUT2D eigenvalue weighted by Crippen LogP contribution is 2.30. The summed E-state index contributed by atoms with van der Waals surface area (Å²) in [5, 5.41) is 3.67. The summed E-state index contributed by atoms with van der Waals surface area (Å²) in [5.74, 6) is 1.74. The van der Waals surface area contributed by atoms with Crippen LogP contribution >= 0.6 is 15.9 Å². The van der Waals surface area contributed by atoms with E-state index in [4.69, 9.17) is 0 Å². The molecule has 0 aromatic carbocycles. The molecule has 3 heteroatoms. The third-order valence-electron chi connectivity index (χ3n) is 4.34. The second kappa shape index (κ2) is 6.74. The fourth-order valence-electron chi connectivity index (χ4n) is 3.01. The van der Waals surface area contributed by atoms with E-state index < -0.39 is 0 Å². The molecule has 1 saturated carbocycles. The first-order valence-electron chi connectivity index (χ1n) is 7.45. The normalized spacial score (nSPS) is 24.3. The summed E-state index contributed by atoms with van der Waals surface area (Å²) in [6.45, 7) is 6.81. The van der Waals surface area contributed by atoms with Gasteiger partial charge in [-0.15, -0.1) is 0 Å².